The second-order valence-corrected chi connectivity index (χ2v) is 5.99. The highest BCUT2D eigenvalue weighted by molar-refractivity contribution is 9.10. The van der Waals surface area contributed by atoms with Crippen LogP contribution in [0, 0.1) is 0 Å². The number of hydrogen-bond acceptors (Lipinski definition) is 3. The van der Waals surface area contributed by atoms with Gasteiger partial charge >= 0.3 is 0 Å². The summed E-state index contributed by atoms with van der Waals surface area (Å²) in [5.74, 6) is 1.69. The lowest BCUT2D eigenvalue weighted by atomic mass is 9.85. The number of nitrogens with zero attached hydrogens (tertiary/aromatic N) is 3. The van der Waals surface area contributed by atoms with Crippen LogP contribution in [0.4, 0.5) is 0 Å². The Balaban J connectivity index is 1.81. The molecule has 1 saturated carbocycles. The lowest BCUT2D eigenvalue weighted by Crippen LogP contribution is -2.16. The van der Waals surface area contributed by atoms with E-state index < -0.39 is 0 Å². The molecule has 1 aliphatic carbocycles. The van der Waals surface area contributed by atoms with Crippen molar-refractivity contribution in [1.29, 1.82) is 0 Å². The minimum Gasteiger partial charge on any atom is -0.380 e. The predicted octanol–water partition coefficient (Wildman–Crippen LogP) is 3.50. The van der Waals surface area contributed by atoms with Crippen molar-refractivity contribution < 1.29 is 4.74 Å². The van der Waals surface area contributed by atoms with E-state index >= 15 is 0 Å². The molecular weight excluding hydrogens is 318 g/mol. The summed E-state index contributed by atoms with van der Waals surface area (Å²) in [6, 6.07) is 8.44. The molecule has 1 aromatic heterocycles. The van der Waals surface area contributed by atoms with Crippen molar-refractivity contribution in [2.45, 2.75) is 38.3 Å². The van der Waals surface area contributed by atoms with Crippen LogP contribution >= 0.6 is 15.9 Å². The zero-order chi connectivity index (χ0) is 13.9. The molecule has 0 saturated heterocycles. The number of methoxy groups -OCH3 is 1. The maximum Gasteiger partial charge on any atom is 0.217 e. The summed E-state index contributed by atoms with van der Waals surface area (Å²) in [4.78, 5) is 4.53. The summed E-state index contributed by atoms with van der Waals surface area (Å²) < 4.78 is 7.90. The molecule has 1 aromatic carbocycles. The highest BCUT2D eigenvalue weighted by Crippen LogP contribution is 2.35. The molecule has 20 heavy (non-hydrogen) atoms. The highest BCUT2D eigenvalue weighted by atomic mass is 79.9. The topological polar surface area (TPSA) is 39.9 Å². The first-order valence-electron chi connectivity index (χ1n) is 6.93. The first kappa shape index (κ1) is 13.8. The molecule has 3 rings (SSSR count). The molecule has 0 N–H and O–H groups in total. The summed E-state index contributed by atoms with van der Waals surface area (Å²) in [6.45, 7) is 1.41. The van der Waals surface area contributed by atoms with Crippen molar-refractivity contribution in [3.63, 3.8) is 0 Å². The SMILES string of the molecule is COCc1cccc(Cn2nc(Br)nc2C2CCC2)c1. The average Bonchev–Trinajstić information content (AvgIpc) is 2.69. The van der Waals surface area contributed by atoms with E-state index in [1.165, 1.54) is 30.4 Å². The van der Waals surface area contributed by atoms with Gasteiger partial charge in [0.2, 0.25) is 4.73 Å². The van der Waals surface area contributed by atoms with Gasteiger partial charge in [0.15, 0.2) is 0 Å². The molecule has 0 unspecified atom stereocenters. The van der Waals surface area contributed by atoms with Crippen molar-refractivity contribution in [3.05, 3.63) is 46.0 Å². The van der Waals surface area contributed by atoms with Crippen LogP contribution < -0.4 is 0 Å². The van der Waals surface area contributed by atoms with E-state index in [-0.39, 0.29) is 0 Å². The van der Waals surface area contributed by atoms with Crippen molar-refractivity contribution in [3.8, 4) is 0 Å². The summed E-state index contributed by atoms with van der Waals surface area (Å²) in [5.41, 5.74) is 2.42. The molecular formula is C15H18BrN3O. The van der Waals surface area contributed by atoms with Gasteiger partial charge in [-0.25, -0.2) is 9.67 Å². The summed E-state index contributed by atoms with van der Waals surface area (Å²) in [6.07, 6.45) is 3.77. The molecule has 5 heteroatoms. The van der Waals surface area contributed by atoms with Gasteiger partial charge in [0.25, 0.3) is 0 Å². The van der Waals surface area contributed by atoms with Crippen molar-refractivity contribution >= 4 is 15.9 Å². The first-order chi connectivity index (χ1) is 9.76. The Hall–Kier alpha value is -1.20. The monoisotopic (exact) mass is 335 g/mol. The predicted molar refractivity (Wildman–Crippen MR) is 80.6 cm³/mol. The van der Waals surface area contributed by atoms with Gasteiger partial charge < -0.3 is 4.74 Å². The van der Waals surface area contributed by atoms with E-state index in [9.17, 15) is 0 Å². The van der Waals surface area contributed by atoms with Crippen LogP contribution in [0.3, 0.4) is 0 Å². The Labute approximate surface area is 127 Å². The molecule has 0 atom stereocenters. The lowest BCUT2D eigenvalue weighted by molar-refractivity contribution is 0.185. The van der Waals surface area contributed by atoms with Gasteiger partial charge in [-0.1, -0.05) is 30.7 Å². The third-order valence-corrected chi connectivity index (χ3v) is 4.12. The van der Waals surface area contributed by atoms with E-state index in [1.807, 2.05) is 4.68 Å². The average molecular weight is 336 g/mol. The van der Waals surface area contributed by atoms with Crippen LogP contribution in [0.25, 0.3) is 0 Å². The number of hydrogen-bond donors (Lipinski definition) is 0. The molecule has 106 valence electrons. The Kier molecular flexibility index (Phi) is 4.17. The molecule has 4 nitrogen and oxygen atoms in total. The number of ether oxygens (including phenoxy) is 1. The van der Waals surface area contributed by atoms with E-state index in [4.69, 9.17) is 4.74 Å². The smallest absolute Gasteiger partial charge is 0.217 e. The fourth-order valence-electron chi connectivity index (χ4n) is 2.57. The summed E-state index contributed by atoms with van der Waals surface area (Å²) in [5, 5.41) is 4.48. The molecule has 0 bridgehead atoms. The number of aromatic nitrogens is 3. The summed E-state index contributed by atoms with van der Waals surface area (Å²) >= 11 is 3.39. The lowest BCUT2D eigenvalue weighted by Gasteiger charge is -2.24. The second kappa shape index (κ2) is 6.06. The van der Waals surface area contributed by atoms with Crippen LogP contribution in [0.1, 0.15) is 42.1 Å². The maximum atomic E-state index is 5.18. The Morgan fingerprint density at radius 1 is 1.35 bits per heavy atom. The van der Waals surface area contributed by atoms with Crippen LogP contribution in [-0.4, -0.2) is 21.9 Å². The molecule has 0 spiro atoms. The zero-order valence-corrected chi connectivity index (χ0v) is 13.1. The van der Waals surface area contributed by atoms with E-state index in [2.05, 4.69) is 50.3 Å². The first-order valence-corrected chi connectivity index (χ1v) is 7.72. The normalized spacial score (nSPS) is 15.3. The van der Waals surface area contributed by atoms with E-state index in [1.54, 1.807) is 7.11 Å². The van der Waals surface area contributed by atoms with Gasteiger partial charge in [-0.15, -0.1) is 5.10 Å². The number of halogens is 1. The van der Waals surface area contributed by atoms with E-state index in [0.717, 1.165) is 12.4 Å². The van der Waals surface area contributed by atoms with Crippen LogP contribution in [-0.2, 0) is 17.9 Å². The molecule has 2 aromatic rings. The molecule has 0 aliphatic heterocycles. The minimum absolute atomic E-state index is 0.580. The van der Waals surface area contributed by atoms with Crippen molar-refractivity contribution in [1.82, 2.24) is 14.8 Å². The minimum atomic E-state index is 0.580. The van der Waals surface area contributed by atoms with E-state index in [0.29, 0.717) is 17.3 Å². The van der Waals surface area contributed by atoms with Gasteiger partial charge in [-0.05, 0) is 39.9 Å². The van der Waals surface area contributed by atoms with Gasteiger partial charge in [0, 0.05) is 13.0 Å². The highest BCUT2D eigenvalue weighted by Gasteiger charge is 2.25. The van der Waals surface area contributed by atoms with Gasteiger partial charge in [-0.2, -0.15) is 0 Å². The van der Waals surface area contributed by atoms with Gasteiger partial charge in [-0.3, -0.25) is 0 Å². The molecule has 1 aliphatic rings. The Bertz CT molecular complexity index is 593. The fraction of sp³-hybridized carbons (Fsp3) is 0.467. The van der Waals surface area contributed by atoms with Crippen LogP contribution in [0.5, 0.6) is 0 Å². The Morgan fingerprint density at radius 3 is 2.85 bits per heavy atom. The number of benzene rings is 1. The quantitative estimate of drug-likeness (QED) is 0.839. The van der Waals surface area contributed by atoms with Gasteiger partial charge in [0.1, 0.15) is 5.82 Å². The fourth-order valence-corrected chi connectivity index (χ4v) is 2.94. The molecule has 1 heterocycles. The maximum absolute atomic E-state index is 5.18. The van der Waals surface area contributed by atoms with Gasteiger partial charge in [0.05, 0.1) is 13.2 Å². The third-order valence-electron chi connectivity index (χ3n) is 3.78. The standard InChI is InChI=1S/C15H18BrN3O/c1-20-10-12-5-2-4-11(8-12)9-19-14(13-6-3-7-13)17-15(16)18-19/h2,4-5,8,13H,3,6-7,9-10H2,1H3. The van der Waals surface area contributed by atoms with Crippen LogP contribution in [0.15, 0.2) is 29.0 Å². The molecule has 1 fully saturated rings. The summed E-state index contributed by atoms with van der Waals surface area (Å²) in [7, 11) is 1.72. The second-order valence-electron chi connectivity index (χ2n) is 5.28. The number of rotatable bonds is 5. The zero-order valence-electron chi connectivity index (χ0n) is 11.6. The molecule has 0 radical (unpaired) electrons. The largest absolute Gasteiger partial charge is 0.380 e. The molecule has 0 amide bonds. The third kappa shape index (κ3) is 2.94. The van der Waals surface area contributed by atoms with Crippen LogP contribution in [0.2, 0.25) is 0 Å². The Morgan fingerprint density at radius 2 is 2.15 bits per heavy atom. The van der Waals surface area contributed by atoms with Crippen molar-refractivity contribution in [2.24, 2.45) is 0 Å². The van der Waals surface area contributed by atoms with Crippen molar-refractivity contribution in [2.75, 3.05) is 7.11 Å².